The van der Waals surface area contributed by atoms with Crippen LogP contribution in [0.25, 0.3) is 0 Å². The molecule has 0 bridgehead atoms. The number of ether oxygens (including phenoxy) is 1. The quantitative estimate of drug-likeness (QED) is 0.625. The molecule has 0 saturated carbocycles. The number of rotatable bonds is 7. The number of hydrogen-bond donors (Lipinski definition) is 2. The molecule has 2 heterocycles. The summed E-state index contributed by atoms with van der Waals surface area (Å²) in [4.78, 5) is 19.1. The number of morpholine rings is 1. The van der Waals surface area contributed by atoms with Crippen molar-refractivity contribution in [3.63, 3.8) is 0 Å². The van der Waals surface area contributed by atoms with E-state index in [1.807, 2.05) is 30.3 Å². The molecule has 1 aromatic rings. The van der Waals surface area contributed by atoms with Crippen molar-refractivity contribution in [2.75, 3.05) is 72.1 Å². The van der Waals surface area contributed by atoms with E-state index in [1.165, 1.54) is 0 Å². The molecular formula is C21H33N5O2S. The van der Waals surface area contributed by atoms with Crippen molar-refractivity contribution in [3.8, 4) is 0 Å². The Morgan fingerprint density at radius 3 is 2.55 bits per heavy atom. The highest BCUT2D eigenvalue weighted by Crippen LogP contribution is 2.04. The molecule has 0 aromatic heterocycles. The van der Waals surface area contributed by atoms with Crippen LogP contribution in [0.5, 0.6) is 0 Å². The summed E-state index contributed by atoms with van der Waals surface area (Å²) in [5.41, 5.74) is 1.12. The Morgan fingerprint density at radius 1 is 0.966 bits per heavy atom. The fourth-order valence-corrected chi connectivity index (χ4v) is 3.93. The lowest BCUT2D eigenvalue weighted by molar-refractivity contribution is -0.122. The lowest BCUT2D eigenvalue weighted by Crippen LogP contribution is -2.46. The lowest BCUT2D eigenvalue weighted by atomic mass is 10.2. The van der Waals surface area contributed by atoms with Crippen molar-refractivity contribution in [1.29, 1.82) is 0 Å². The molecule has 1 amide bonds. The monoisotopic (exact) mass is 419 g/mol. The molecule has 0 radical (unpaired) electrons. The maximum Gasteiger partial charge on any atom is 0.234 e. The van der Waals surface area contributed by atoms with Gasteiger partial charge in [0, 0.05) is 58.9 Å². The first-order chi connectivity index (χ1) is 14.2. The predicted molar refractivity (Wildman–Crippen MR) is 119 cm³/mol. The van der Waals surface area contributed by atoms with Crippen LogP contribution in [0.4, 0.5) is 0 Å². The van der Waals surface area contributed by atoms with Crippen molar-refractivity contribution >= 4 is 23.2 Å². The highest BCUT2D eigenvalue weighted by molar-refractivity contribution is 7.80. The van der Waals surface area contributed by atoms with E-state index in [0.29, 0.717) is 13.1 Å². The van der Waals surface area contributed by atoms with Crippen LogP contribution < -0.4 is 10.6 Å². The number of carbonyl (C=O) groups excluding carboxylic acids is 1. The largest absolute Gasteiger partial charge is 0.379 e. The molecule has 7 nitrogen and oxygen atoms in total. The minimum absolute atomic E-state index is 0.0773. The van der Waals surface area contributed by atoms with Gasteiger partial charge < -0.3 is 20.3 Å². The second-order valence-electron chi connectivity index (χ2n) is 7.57. The Labute approximate surface area is 179 Å². The van der Waals surface area contributed by atoms with Gasteiger partial charge >= 0.3 is 0 Å². The molecule has 160 valence electrons. The molecule has 0 aliphatic carbocycles. The van der Waals surface area contributed by atoms with E-state index in [0.717, 1.165) is 82.7 Å². The van der Waals surface area contributed by atoms with Crippen LogP contribution >= 0.6 is 12.2 Å². The summed E-state index contributed by atoms with van der Waals surface area (Å²) in [6.45, 7) is 10.1. The zero-order valence-electron chi connectivity index (χ0n) is 17.1. The molecule has 8 heteroatoms. The number of hydrogen-bond acceptors (Lipinski definition) is 5. The summed E-state index contributed by atoms with van der Waals surface area (Å²) in [6, 6.07) is 10.0. The minimum atomic E-state index is 0.0773. The van der Waals surface area contributed by atoms with Gasteiger partial charge in [-0.15, -0.1) is 0 Å². The number of amides is 1. The van der Waals surface area contributed by atoms with Crippen LogP contribution in [-0.2, 0) is 16.1 Å². The van der Waals surface area contributed by atoms with Gasteiger partial charge in [0.25, 0.3) is 0 Å². The van der Waals surface area contributed by atoms with Gasteiger partial charge in [-0.2, -0.15) is 0 Å². The molecule has 3 rings (SSSR count). The van der Waals surface area contributed by atoms with Gasteiger partial charge in [0.05, 0.1) is 19.8 Å². The summed E-state index contributed by atoms with van der Waals surface area (Å²) in [5, 5.41) is 7.24. The first kappa shape index (κ1) is 22.0. The highest BCUT2D eigenvalue weighted by Gasteiger charge is 2.19. The van der Waals surface area contributed by atoms with Crippen LogP contribution in [0.1, 0.15) is 12.0 Å². The van der Waals surface area contributed by atoms with Gasteiger partial charge in [0.1, 0.15) is 0 Å². The van der Waals surface area contributed by atoms with Crippen LogP contribution in [0, 0.1) is 0 Å². The number of thiocarbonyl (C=S) groups is 1. The average Bonchev–Trinajstić information content (AvgIpc) is 2.99. The molecule has 2 saturated heterocycles. The molecule has 0 spiro atoms. The molecule has 0 unspecified atom stereocenters. The Hall–Kier alpha value is -1.74. The molecule has 2 aliphatic heterocycles. The smallest absolute Gasteiger partial charge is 0.234 e. The maximum absolute atomic E-state index is 12.3. The molecule has 2 aliphatic rings. The van der Waals surface area contributed by atoms with E-state index >= 15 is 0 Å². The van der Waals surface area contributed by atoms with E-state index in [9.17, 15) is 4.79 Å². The van der Waals surface area contributed by atoms with Crippen LogP contribution in [0.3, 0.4) is 0 Å². The first-order valence-corrected chi connectivity index (χ1v) is 11.0. The Kier molecular flexibility index (Phi) is 9.14. The number of nitrogens with one attached hydrogen (secondary N) is 2. The van der Waals surface area contributed by atoms with E-state index in [2.05, 4.69) is 25.3 Å². The molecular weight excluding hydrogens is 386 g/mol. The minimum Gasteiger partial charge on any atom is -0.379 e. The molecule has 0 atom stereocenters. The third kappa shape index (κ3) is 7.89. The first-order valence-electron chi connectivity index (χ1n) is 10.6. The van der Waals surface area contributed by atoms with Gasteiger partial charge in [0.2, 0.25) is 5.91 Å². The summed E-state index contributed by atoms with van der Waals surface area (Å²) >= 11 is 5.60. The van der Waals surface area contributed by atoms with Gasteiger partial charge in [-0.3, -0.25) is 14.6 Å². The maximum atomic E-state index is 12.3. The lowest BCUT2D eigenvalue weighted by Gasteiger charge is -2.28. The molecule has 2 N–H and O–H groups in total. The average molecular weight is 420 g/mol. The second kappa shape index (κ2) is 12.1. The van der Waals surface area contributed by atoms with E-state index in [-0.39, 0.29) is 5.91 Å². The van der Waals surface area contributed by atoms with Crippen molar-refractivity contribution in [3.05, 3.63) is 35.9 Å². The zero-order valence-corrected chi connectivity index (χ0v) is 18.0. The standard InChI is InChI=1S/C21H33N5O2S/c27-20(23-17-19-5-2-1-3-6-19)18-25-8-4-9-26(12-11-25)21(29)22-7-10-24-13-15-28-16-14-24/h1-3,5-6H,4,7-18H2,(H,22,29)(H,23,27). The second-order valence-corrected chi connectivity index (χ2v) is 7.95. The van der Waals surface area contributed by atoms with E-state index < -0.39 is 0 Å². The normalized spacial score (nSPS) is 18.8. The van der Waals surface area contributed by atoms with E-state index in [4.69, 9.17) is 17.0 Å². The van der Waals surface area contributed by atoms with Crippen LogP contribution in [0.15, 0.2) is 30.3 Å². The topological polar surface area (TPSA) is 60.1 Å². The number of nitrogens with zero attached hydrogens (tertiary/aromatic N) is 3. The van der Waals surface area contributed by atoms with Crippen molar-refractivity contribution in [2.24, 2.45) is 0 Å². The van der Waals surface area contributed by atoms with Gasteiger partial charge in [-0.05, 0) is 24.2 Å². The third-order valence-corrected chi connectivity index (χ3v) is 5.79. The predicted octanol–water partition coefficient (Wildman–Crippen LogP) is 0.517. The van der Waals surface area contributed by atoms with Gasteiger partial charge in [0.15, 0.2) is 5.11 Å². The van der Waals surface area contributed by atoms with Crippen molar-refractivity contribution < 1.29 is 9.53 Å². The number of carbonyl (C=O) groups is 1. The summed E-state index contributed by atoms with van der Waals surface area (Å²) in [7, 11) is 0. The number of benzene rings is 1. The fraction of sp³-hybridized carbons (Fsp3) is 0.619. The third-order valence-electron chi connectivity index (χ3n) is 5.38. The van der Waals surface area contributed by atoms with Crippen molar-refractivity contribution in [1.82, 2.24) is 25.3 Å². The summed E-state index contributed by atoms with van der Waals surface area (Å²) < 4.78 is 5.38. The molecule has 2 fully saturated rings. The summed E-state index contributed by atoms with van der Waals surface area (Å²) in [5.74, 6) is 0.0773. The zero-order chi connectivity index (χ0) is 20.3. The highest BCUT2D eigenvalue weighted by atomic mass is 32.1. The van der Waals surface area contributed by atoms with E-state index in [1.54, 1.807) is 0 Å². The fourth-order valence-electron chi connectivity index (χ4n) is 3.65. The Morgan fingerprint density at radius 2 is 1.76 bits per heavy atom. The Bertz CT molecular complexity index is 639. The van der Waals surface area contributed by atoms with Gasteiger partial charge in [-0.1, -0.05) is 30.3 Å². The summed E-state index contributed by atoms with van der Waals surface area (Å²) in [6.07, 6.45) is 1.01. The van der Waals surface area contributed by atoms with Crippen molar-refractivity contribution in [2.45, 2.75) is 13.0 Å². The SMILES string of the molecule is O=C(CN1CCCN(C(=S)NCCN2CCOCC2)CC1)NCc1ccccc1. The molecule has 1 aromatic carbocycles. The van der Waals surface area contributed by atoms with Crippen LogP contribution in [-0.4, -0.2) is 97.8 Å². The van der Waals surface area contributed by atoms with Gasteiger partial charge in [-0.25, -0.2) is 0 Å². The van der Waals surface area contributed by atoms with Crippen LogP contribution in [0.2, 0.25) is 0 Å². The Balaban J connectivity index is 1.32. The molecule has 29 heavy (non-hydrogen) atoms.